The number of pyridine rings is 1. The van der Waals surface area contributed by atoms with Crippen molar-refractivity contribution in [2.24, 2.45) is 0 Å². The Morgan fingerprint density at radius 2 is 2.16 bits per heavy atom. The first-order chi connectivity index (χ1) is 15.5. The van der Waals surface area contributed by atoms with Crippen LogP contribution in [0.15, 0.2) is 42.9 Å². The van der Waals surface area contributed by atoms with Crippen LogP contribution in [0.3, 0.4) is 0 Å². The van der Waals surface area contributed by atoms with E-state index in [0.717, 1.165) is 25.1 Å². The molecule has 0 saturated carbocycles. The molecule has 0 unspecified atom stereocenters. The Bertz CT molecular complexity index is 1310. The van der Waals surface area contributed by atoms with Gasteiger partial charge in [-0.25, -0.2) is 14.5 Å². The van der Waals surface area contributed by atoms with Gasteiger partial charge in [-0.05, 0) is 37.1 Å². The Kier molecular flexibility index (Phi) is 5.40. The molecule has 1 aliphatic rings. The van der Waals surface area contributed by atoms with Gasteiger partial charge in [0, 0.05) is 37.0 Å². The molecule has 5 rings (SSSR count). The van der Waals surface area contributed by atoms with Crippen LogP contribution in [0, 0.1) is 5.95 Å². The predicted molar refractivity (Wildman–Crippen MR) is 123 cm³/mol. The smallest absolute Gasteiger partial charge is 0.261 e. The molecule has 3 N–H and O–H groups in total. The first kappa shape index (κ1) is 20.7. The van der Waals surface area contributed by atoms with E-state index in [0.29, 0.717) is 38.4 Å². The van der Waals surface area contributed by atoms with Crippen molar-refractivity contribution >= 4 is 45.9 Å². The number of rotatable bonds is 4. The van der Waals surface area contributed by atoms with E-state index in [1.54, 1.807) is 22.7 Å². The second kappa shape index (κ2) is 8.36. The molecule has 1 aliphatic heterocycles. The minimum absolute atomic E-state index is 0.0419. The fraction of sp³-hybridized carbons (Fsp3) is 0.238. The molecule has 0 spiro atoms. The Labute approximate surface area is 191 Å². The van der Waals surface area contributed by atoms with Gasteiger partial charge in [-0.2, -0.15) is 9.49 Å². The average molecular weight is 472 g/mol. The van der Waals surface area contributed by atoms with Crippen molar-refractivity contribution in [3.63, 3.8) is 0 Å². The molecule has 4 aromatic rings. The fourth-order valence-corrected chi connectivity index (χ4v) is 5.01. The number of nitrogens with one attached hydrogen (secondary N) is 1. The lowest BCUT2D eigenvalue weighted by Gasteiger charge is -2.34. The number of carbonyl (C=O) groups is 1. The third kappa shape index (κ3) is 3.87. The summed E-state index contributed by atoms with van der Waals surface area (Å²) in [4.78, 5) is 23.1. The molecule has 0 aliphatic carbocycles. The van der Waals surface area contributed by atoms with Gasteiger partial charge in [0.25, 0.3) is 5.91 Å². The molecule has 1 fully saturated rings. The molecule has 0 radical (unpaired) electrons. The van der Waals surface area contributed by atoms with E-state index < -0.39 is 5.95 Å². The number of piperidine rings is 1. The zero-order chi connectivity index (χ0) is 22.2. The van der Waals surface area contributed by atoms with Crippen molar-refractivity contribution in [2.45, 2.75) is 18.9 Å². The number of carbonyl (C=O) groups excluding carboxylic acids is 1. The summed E-state index contributed by atoms with van der Waals surface area (Å²) in [5.41, 5.74) is 9.02. The molecular weight excluding hydrogens is 453 g/mol. The summed E-state index contributed by atoms with van der Waals surface area (Å²) in [7, 11) is 0. The molecule has 5 heterocycles. The number of halogens is 2. The number of nitrogens with two attached hydrogens (primary N) is 1. The van der Waals surface area contributed by atoms with Gasteiger partial charge in [-0.3, -0.25) is 4.79 Å². The Morgan fingerprint density at radius 3 is 2.94 bits per heavy atom. The summed E-state index contributed by atoms with van der Waals surface area (Å²) in [6.07, 6.45) is 4.54. The lowest BCUT2D eigenvalue weighted by Crippen LogP contribution is -2.47. The largest absolute Gasteiger partial charge is 0.382 e. The first-order valence-electron chi connectivity index (χ1n) is 10.0. The van der Waals surface area contributed by atoms with Crippen molar-refractivity contribution in [3.05, 3.63) is 58.0 Å². The lowest BCUT2D eigenvalue weighted by atomic mass is 10.0. The van der Waals surface area contributed by atoms with Crippen molar-refractivity contribution < 1.29 is 9.18 Å². The summed E-state index contributed by atoms with van der Waals surface area (Å²) in [6.45, 7) is 1.39. The van der Waals surface area contributed by atoms with Gasteiger partial charge >= 0.3 is 0 Å². The number of anilines is 2. The van der Waals surface area contributed by atoms with Crippen LogP contribution in [-0.2, 0) is 0 Å². The zero-order valence-corrected chi connectivity index (χ0v) is 18.4. The van der Waals surface area contributed by atoms with Gasteiger partial charge in [-0.15, -0.1) is 11.3 Å². The van der Waals surface area contributed by atoms with E-state index in [-0.39, 0.29) is 11.9 Å². The molecule has 0 bridgehead atoms. The van der Waals surface area contributed by atoms with E-state index in [1.165, 1.54) is 29.9 Å². The monoisotopic (exact) mass is 471 g/mol. The zero-order valence-electron chi connectivity index (χ0n) is 16.8. The Morgan fingerprint density at radius 1 is 1.28 bits per heavy atom. The number of thiophene rings is 1. The number of fused-ring (bicyclic) bond motifs is 1. The molecule has 164 valence electrons. The van der Waals surface area contributed by atoms with Crippen LogP contribution < -0.4 is 16.0 Å². The van der Waals surface area contributed by atoms with Crippen LogP contribution in [0.4, 0.5) is 15.9 Å². The molecule has 8 nitrogen and oxygen atoms in total. The third-order valence-electron chi connectivity index (χ3n) is 5.48. The van der Waals surface area contributed by atoms with Gasteiger partial charge < -0.3 is 16.0 Å². The predicted octanol–water partition coefficient (Wildman–Crippen LogP) is 3.63. The lowest BCUT2D eigenvalue weighted by molar-refractivity contribution is 0.0937. The molecule has 32 heavy (non-hydrogen) atoms. The molecular formula is C21H19ClFN7OS. The third-order valence-corrected chi connectivity index (χ3v) is 6.71. The van der Waals surface area contributed by atoms with Gasteiger partial charge in [0.15, 0.2) is 5.82 Å². The van der Waals surface area contributed by atoms with Crippen molar-refractivity contribution in [1.29, 1.82) is 0 Å². The van der Waals surface area contributed by atoms with Crippen LogP contribution in [0.25, 0.3) is 16.8 Å². The number of nitrogen functional groups attached to an aromatic ring is 1. The van der Waals surface area contributed by atoms with Gasteiger partial charge in [0.2, 0.25) is 5.95 Å². The molecule has 1 atom stereocenters. The quantitative estimate of drug-likeness (QED) is 0.441. The van der Waals surface area contributed by atoms with Crippen LogP contribution in [0.2, 0.25) is 4.34 Å². The van der Waals surface area contributed by atoms with E-state index in [2.05, 4.69) is 25.3 Å². The number of hydrogen-bond donors (Lipinski definition) is 2. The number of aromatic nitrogens is 4. The van der Waals surface area contributed by atoms with Gasteiger partial charge in [0.05, 0.1) is 20.6 Å². The molecule has 0 aromatic carbocycles. The Balaban J connectivity index is 1.47. The summed E-state index contributed by atoms with van der Waals surface area (Å²) in [5, 5.41) is 7.45. The number of nitrogens with zero attached hydrogens (tertiary/aromatic N) is 5. The maximum absolute atomic E-state index is 13.8. The Hall–Kier alpha value is -3.24. The normalized spacial score (nSPS) is 16.4. The van der Waals surface area contributed by atoms with E-state index in [1.807, 2.05) is 6.07 Å². The topological polar surface area (TPSA) is 101 Å². The highest BCUT2D eigenvalue weighted by atomic mass is 35.5. The van der Waals surface area contributed by atoms with E-state index in [9.17, 15) is 9.18 Å². The number of hydrogen-bond acceptors (Lipinski definition) is 7. The molecule has 4 aromatic heterocycles. The highest BCUT2D eigenvalue weighted by Gasteiger charge is 2.26. The molecule has 1 saturated heterocycles. The van der Waals surface area contributed by atoms with Gasteiger partial charge in [0.1, 0.15) is 11.8 Å². The van der Waals surface area contributed by atoms with Crippen molar-refractivity contribution in [3.8, 4) is 11.3 Å². The summed E-state index contributed by atoms with van der Waals surface area (Å²) < 4.78 is 16.0. The highest BCUT2D eigenvalue weighted by Crippen LogP contribution is 2.35. The fourth-order valence-electron chi connectivity index (χ4n) is 4.06. The minimum Gasteiger partial charge on any atom is -0.382 e. The van der Waals surface area contributed by atoms with Crippen LogP contribution in [-0.4, -0.2) is 44.6 Å². The summed E-state index contributed by atoms with van der Waals surface area (Å²) >= 11 is 7.22. The standard InChI is InChI=1S/C21H19ClFN7OS/c22-17-4-3-16(32-17)21(31)28-13-2-1-7-29(10-13)15-9-14(12-5-6-25-18(23)8-12)30-19(15)20(24)26-11-27-30/h3-6,8-9,11,13H,1-2,7,10H2,(H,28,31)(H2,24,26,27)/t13-/m1/s1. The van der Waals surface area contributed by atoms with Crippen LogP contribution in [0.1, 0.15) is 22.5 Å². The number of amides is 1. The highest BCUT2D eigenvalue weighted by molar-refractivity contribution is 7.18. The van der Waals surface area contributed by atoms with E-state index >= 15 is 0 Å². The van der Waals surface area contributed by atoms with Crippen molar-refractivity contribution in [2.75, 3.05) is 23.7 Å². The van der Waals surface area contributed by atoms with Crippen LogP contribution in [0.5, 0.6) is 0 Å². The van der Waals surface area contributed by atoms with Crippen LogP contribution >= 0.6 is 22.9 Å². The maximum atomic E-state index is 13.8. The SMILES string of the molecule is Nc1ncnn2c(-c3ccnc(F)c3)cc(N3CCC[C@@H](NC(=O)c4ccc(Cl)s4)C3)c12. The summed E-state index contributed by atoms with van der Waals surface area (Å²) in [5.74, 6) is -0.378. The maximum Gasteiger partial charge on any atom is 0.261 e. The van der Waals surface area contributed by atoms with Gasteiger partial charge in [-0.1, -0.05) is 11.6 Å². The van der Waals surface area contributed by atoms with E-state index in [4.69, 9.17) is 17.3 Å². The summed E-state index contributed by atoms with van der Waals surface area (Å²) in [6, 6.07) is 8.40. The minimum atomic E-state index is -0.574. The molecule has 11 heteroatoms. The first-order valence-corrected chi connectivity index (χ1v) is 11.2. The second-order valence-corrected chi connectivity index (χ2v) is 9.27. The van der Waals surface area contributed by atoms with Crippen molar-refractivity contribution in [1.82, 2.24) is 24.9 Å². The average Bonchev–Trinajstić information content (AvgIpc) is 3.39. The second-order valence-electron chi connectivity index (χ2n) is 7.55. The molecule has 1 amide bonds.